The number of hydrogen-bond acceptors (Lipinski definition) is 4. The van der Waals surface area contributed by atoms with E-state index in [0.717, 1.165) is 0 Å². The van der Waals surface area contributed by atoms with E-state index in [1.807, 2.05) is 6.07 Å². The molecule has 0 aliphatic carbocycles. The molecule has 0 amide bonds. The Bertz CT molecular complexity index is 887. The zero-order chi connectivity index (χ0) is 16.4. The fourth-order valence-electron chi connectivity index (χ4n) is 2.28. The van der Waals surface area contributed by atoms with Crippen LogP contribution in [0.5, 0.6) is 0 Å². The summed E-state index contributed by atoms with van der Waals surface area (Å²) in [5, 5.41) is 24.4. The van der Waals surface area contributed by atoms with E-state index in [-0.39, 0.29) is 17.1 Å². The smallest absolute Gasteiger partial charge is 0.356 e. The summed E-state index contributed by atoms with van der Waals surface area (Å²) in [4.78, 5) is 21.9. The minimum Gasteiger partial charge on any atom is -0.476 e. The minimum absolute atomic E-state index is 0.148. The highest BCUT2D eigenvalue weighted by molar-refractivity contribution is 5.87. The molecule has 0 saturated carbocycles. The normalized spacial score (nSPS) is 10.4. The van der Waals surface area contributed by atoms with Gasteiger partial charge in [-0.2, -0.15) is 5.10 Å². The van der Waals surface area contributed by atoms with Crippen molar-refractivity contribution in [2.75, 3.05) is 0 Å². The summed E-state index contributed by atoms with van der Waals surface area (Å²) in [7, 11) is 0. The van der Waals surface area contributed by atoms with Gasteiger partial charge in [0.05, 0.1) is 10.6 Å². The van der Waals surface area contributed by atoms with Crippen molar-refractivity contribution >= 4 is 11.7 Å². The van der Waals surface area contributed by atoms with Crippen molar-refractivity contribution in [1.29, 1.82) is 0 Å². The number of rotatable bonds is 4. The van der Waals surface area contributed by atoms with Gasteiger partial charge in [0.15, 0.2) is 5.69 Å². The van der Waals surface area contributed by atoms with E-state index < -0.39 is 10.9 Å². The van der Waals surface area contributed by atoms with Gasteiger partial charge in [-0.1, -0.05) is 42.5 Å². The number of nitro benzene ring substituents is 1. The largest absolute Gasteiger partial charge is 0.476 e. The number of carboxylic acid groups (broad SMARTS) is 1. The van der Waals surface area contributed by atoms with Gasteiger partial charge < -0.3 is 5.11 Å². The molecule has 0 spiro atoms. The van der Waals surface area contributed by atoms with Crippen LogP contribution in [0.4, 0.5) is 5.69 Å². The number of nitro groups is 1. The highest BCUT2D eigenvalue weighted by Gasteiger charge is 2.21. The average molecular weight is 309 g/mol. The molecular weight excluding hydrogens is 298 g/mol. The van der Waals surface area contributed by atoms with Crippen molar-refractivity contribution in [3.05, 3.63) is 76.5 Å². The van der Waals surface area contributed by atoms with E-state index in [0.29, 0.717) is 11.3 Å². The molecule has 0 aliphatic heterocycles. The van der Waals surface area contributed by atoms with Gasteiger partial charge in [-0.3, -0.25) is 10.1 Å². The molecule has 0 saturated heterocycles. The molecular formula is C16H11N3O4. The van der Waals surface area contributed by atoms with Gasteiger partial charge in [0, 0.05) is 11.6 Å². The number of hydrogen-bond donors (Lipinski definition) is 1. The summed E-state index contributed by atoms with van der Waals surface area (Å²) in [5.74, 6) is -1.19. The Labute approximate surface area is 130 Å². The number of carboxylic acids is 1. The van der Waals surface area contributed by atoms with Crippen LogP contribution in [0.1, 0.15) is 10.5 Å². The average Bonchev–Trinajstić information content (AvgIpc) is 3.01. The summed E-state index contributed by atoms with van der Waals surface area (Å²) in [6.45, 7) is 0. The van der Waals surface area contributed by atoms with Gasteiger partial charge in [0.1, 0.15) is 5.69 Å². The first-order valence-corrected chi connectivity index (χ1v) is 6.70. The molecule has 1 aromatic heterocycles. The Kier molecular flexibility index (Phi) is 3.60. The second-order valence-electron chi connectivity index (χ2n) is 4.74. The van der Waals surface area contributed by atoms with E-state index in [1.54, 1.807) is 36.4 Å². The van der Waals surface area contributed by atoms with Crippen molar-refractivity contribution < 1.29 is 14.8 Å². The first-order valence-electron chi connectivity index (χ1n) is 6.70. The van der Waals surface area contributed by atoms with Crippen molar-refractivity contribution in [2.24, 2.45) is 0 Å². The van der Waals surface area contributed by atoms with Gasteiger partial charge in [0.25, 0.3) is 5.69 Å². The van der Waals surface area contributed by atoms with Crippen LogP contribution < -0.4 is 0 Å². The summed E-state index contributed by atoms with van der Waals surface area (Å²) in [6.07, 6.45) is 0. The van der Waals surface area contributed by atoms with Crippen LogP contribution in [0, 0.1) is 10.1 Å². The molecule has 3 aromatic rings. The lowest BCUT2D eigenvalue weighted by atomic mass is 10.1. The van der Waals surface area contributed by atoms with Crippen molar-refractivity contribution in [3.63, 3.8) is 0 Å². The molecule has 0 unspecified atom stereocenters. The van der Waals surface area contributed by atoms with E-state index in [1.165, 1.54) is 22.9 Å². The first-order chi connectivity index (χ1) is 11.1. The molecule has 7 nitrogen and oxygen atoms in total. The maximum absolute atomic E-state index is 11.2. The number of nitrogens with zero attached hydrogens (tertiary/aromatic N) is 3. The van der Waals surface area contributed by atoms with Gasteiger partial charge in [-0.05, 0) is 12.1 Å². The minimum atomic E-state index is -1.19. The topological polar surface area (TPSA) is 98.3 Å². The van der Waals surface area contributed by atoms with Gasteiger partial charge in [0.2, 0.25) is 0 Å². The zero-order valence-electron chi connectivity index (χ0n) is 11.8. The predicted molar refractivity (Wildman–Crippen MR) is 82.6 cm³/mol. The van der Waals surface area contributed by atoms with Crippen LogP contribution >= 0.6 is 0 Å². The number of aromatic nitrogens is 2. The van der Waals surface area contributed by atoms with Gasteiger partial charge >= 0.3 is 5.97 Å². The highest BCUT2D eigenvalue weighted by Crippen LogP contribution is 2.28. The Morgan fingerprint density at radius 1 is 1.09 bits per heavy atom. The van der Waals surface area contributed by atoms with Crippen LogP contribution in [-0.2, 0) is 0 Å². The molecule has 1 heterocycles. The summed E-state index contributed by atoms with van der Waals surface area (Å²) >= 11 is 0. The molecule has 0 radical (unpaired) electrons. The second-order valence-corrected chi connectivity index (χ2v) is 4.74. The number of benzene rings is 2. The molecule has 2 aromatic carbocycles. The standard InChI is InChI=1S/C16H11N3O4/c20-16(21)12-10-15(11-6-2-1-3-7-11)18(17-12)13-8-4-5-9-14(13)19(22)23/h1-10H,(H,20,21). The predicted octanol–water partition coefficient (Wildman–Crippen LogP) is 3.15. The van der Waals surface area contributed by atoms with Crippen molar-refractivity contribution in [1.82, 2.24) is 9.78 Å². The van der Waals surface area contributed by atoms with Gasteiger partial charge in [-0.15, -0.1) is 0 Å². The third-order valence-electron chi connectivity index (χ3n) is 3.30. The first kappa shape index (κ1) is 14.5. The van der Waals surface area contributed by atoms with Crippen LogP contribution in [-0.4, -0.2) is 25.8 Å². The van der Waals surface area contributed by atoms with Crippen LogP contribution in [0.25, 0.3) is 16.9 Å². The van der Waals surface area contributed by atoms with Crippen LogP contribution in [0.3, 0.4) is 0 Å². The lowest BCUT2D eigenvalue weighted by molar-refractivity contribution is -0.384. The Hall–Kier alpha value is -3.48. The quantitative estimate of drug-likeness (QED) is 0.589. The molecule has 7 heteroatoms. The summed E-state index contributed by atoms with van der Waals surface area (Å²) in [6, 6.07) is 16.5. The maximum atomic E-state index is 11.2. The lowest BCUT2D eigenvalue weighted by Gasteiger charge is -2.07. The second kappa shape index (κ2) is 5.72. The van der Waals surface area contributed by atoms with E-state index in [2.05, 4.69) is 5.10 Å². The molecule has 23 heavy (non-hydrogen) atoms. The third-order valence-corrected chi connectivity index (χ3v) is 3.30. The third kappa shape index (κ3) is 2.67. The molecule has 0 bridgehead atoms. The fraction of sp³-hybridized carbons (Fsp3) is 0. The van der Waals surface area contributed by atoms with E-state index >= 15 is 0 Å². The molecule has 0 aliphatic rings. The maximum Gasteiger partial charge on any atom is 0.356 e. The molecule has 0 fully saturated rings. The van der Waals surface area contributed by atoms with Gasteiger partial charge in [-0.25, -0.2) is 9.48 Å². The number of para-hydroxylation sites is 2. The Morgan fingerprint density at radius 2 is 1.74 bits per heavy atom. The summed E-state index contributed by atoms with van der Waals surface area (Å²) < 4.78 is 1.29. The van der Waals surface area contributed by atoms with Crippen LogP contribution in [0.15, 0.2) is 60.7 Å². The molecule has 114 valence electrons. The monoisotopic (exact) mass is 309 g/mol. The zero-order valence-corrected chi connectivity index (χ0v) is 11.8. The van der Waals surface area contributed by atoms with Crippen molar-refractivity contribution in [2.45, 2.75) is 0 Å². The molecule has 0 atom stereocenters. The van der Waals surface area contributed by atoms with Crippen molar-refractivity contribution in [3.8, 4) is 16.9 Å². The lowest BCUT2D eigenvalue weighted by Crippen LogP contribution is -2.05. The fourth-order valence-corrected chi connectivity index (χ4v) is 2.28. The highest BCUT2D eigenvalue weighted by atomic mass is 16.6. The Balaban J connectivity index is 2.27. The number of aromatic carboxylic acids is 1. The van der Waals surface area contributed by atoms with Crippen LogP contribution in [0.2, 0.25) is 0 Å². The van der Waals surface area contributed by atoms with E-state index in [9.17, 15) is 20.0 Å². The number of carbonyl (C=O) groups is 1. The molecule has 1 N–H and O–H groups in total. The SMILES string of the molecule is O=C(O)c1cc(-c2ccccc2)n(-c2ccccc2[N+](=O)[O-])n1. The van der Waals surface area contributed by atoms with E-state index in [4.69, 9.17) is 0 Å². The Morgan fingerprint density at radius 3 is 2.39 bits per heavy atom. The molecule has 3 rings (SSSR count). The summed E-state index contributed by atoms with van der Waals surface area (Å²) in [5.41, 5.74) is 1.07.